The van der Waals surface area contributed by atoms with Gasteiger partial charge in [0.25, 0.3) is 5.91 Å². The van der Waals surface area contributed by atoms with Gasteiger partial charge < -0.3 is 25.0 Å². The largest absolute Gasteiger partial charge is 0.497 e. The van der Waals surface area contributed by atoms with Gasteiger partial charge in [0, 0.05) is 33.2 Å². The Morgan fingerprint density at radius 2 is 1.87 bits per heavy atom. The van der Waals surface area contributed by atoms with E-state index in [1.807, 2.05) is 55.6 Å². The number of rotatable bonds is 9. The maximum absolute atomic E-state index is 11.8. The van der Waals surface area contributed by atoms with Crippen molar-refractivity contribution in [3.8, 4) is 11.5 Å². The molecule has 2 aromatic rings. The molecule has 0 atom stereocenters. The number of guanidine groups is 1. The predicted molar refractivity (Wildman–Crippen MR) is 133 cm³/mol. The summed E-state index contributed by atoms with van der Waals surface area (Å²) >= 11 is 0. The molecule has 1 amide bonds. The Bertz CT molecular complexity index is 869. The summed E-state index contributed by atoms with van der Waals surface area (Å²) in [6.07, 6.45) is 2.14. The summed E-state index contributed by atoms with van der Waals surface area (Å²) in [7, 11) is 5.43. The second-order valence-electron chi connectivity index (χ2n) is 7.38. The van der Waals surface area contributed by atoms with Gasteiger partial charge >= 0.3 is 0 Å². The van der Waals surface area contributed by atoms with Crippen molar-refractivity contribution in [2.75, 3.05) is 27.8 Å². The van der Waals surface area contributed by atoms with Crippen LogP contribution in [0.2, 0.25) is 0 Å². The molecule has 168 valence electrons. The molecule has 2 N–H and O–H groups in total. The second kappa shape index (κ2) is 12.4. The molecular weight excluding hydrogens is 507 g/mol. The number of nitrogens with zero attached hydrogens (tertiary/aromatic N) is 2. The van der Waals surface area contributed by atoms with Crippen LogP contribution in [0.1, 0.15) is 24.0 Å². The topological polar surface area (TPSA) is 75.2 Å². The number of halogens is 1. The number of nitrogens with one attached hydrogen (secondary N) is 2. The van der Waals surface area contributed by atoms with Crippen LogP contribution in [0.4, 0.5) is 0 Å². The highest BCUT2D eigenvalue weighted by molar-refractivity contribution is 14.0. The zero-order valence-electron chi connectivity index (χ0n) is 18.3. The lowest BCUT2D eigenvalue weighted by Crippen LogP contribution is -2.38. The van der Waals surface area contributed by atoms with Crippen LogP contribution in [0.15, 0.2) is 53.5 Å². The summed E-state index contributed by atoms with van der Waals surface area (Å²) in [5.74, 6) is 2.25. The standard InChI is InChI=1S/C23H30N4O3.HI/c1-24-23(27(2)15-17-7-11-20(29-3)12-8-17)25-14-18-5-4-6-21(13-18)30-16-22(28)26-19-9-10-19;/h4-8,11-13,19H,9-10,14-16H2,1-3H3,(H,24,25)(H,26,28);1H. The van der Waals surface area contributed by atoms with Crippen molar-refractivity contribution in [2.45, 2.75) is 32.0 Å². The van der Waals surface area contributed by atoms with Crippen LogP contribution in [0.3, 0.4) is 0 Å². The molecule has 7 nitrogen and oxygen atoms in total. The van der Waals surface area contributed by atoms with E-state index in [9.17, 15) is 4.79 Å². The molecule has 1 aliphatic rings. The fourth-order valence-electron chi connectivity index (χ4n) is 3.04. The Labute approximate surface area is 201 Å². The molecule has 2 aromatic carbocycles. The summed E-state index contributed by atoms with van der Waals surface area (Å²) in [6, 6.07) is 16.1. The third kappa shape index (κ3) is 8.28. The molecule has 3 rings (SSSR count). The summed E-state index contributed by atoms with van der Waals surface area (Å²) in [5.41, 5.74) is 2.22. The normalized spacial score (nSPS) is 13.1. The molecule has 0 unspecified atom stereocenters. The molecule has 0 aliphatic heterocycles. The average molecular weight is 538 g/mol. The quantitative estimate of drug-likeness (QED) is 0.292. The van der Waals surface area contributed by atoms with Crippen LogP contribution in [0, 0.1) is 0 Å². The number of carbonyl (C=O) groups is 1. The zero-order chi connectivity index (χ0) is 21.3. The summed E-state index contributed by atoms with van der Waals surface area (Å²) in [5, 5.41) is 6.29. The number of benzene rings is 2. The zero-order valence-corrected chi connectivity index (χ0v) is 20.6. The molecule has 1 aliphatic carbocycles. The number of hydrogen-bond acceptors (Lipinski definition) is 4. The van der Waals surface area contributed by atoms with Crippen LogP contribution >= 0.6 is 24.0 Å². The van der Waals surface area contributed by atoms with E-state index in [0.29, 0.717) is 18.3 Å². The van der Waals surface area contributed by atoms with E-state index >= 15 is 0 Å². The number of hydrogen-bond donors (Lipinski definition) is 2. The molecule has 0 aromatic heterocycles. The molecule has 0 bridgehead atoms. The van der Waals surface area contributed by atoms with Gasteiger partial charge in [-0.25, -0.2) is 0 Å². The van der Waals surface area contributed by atoms with E-state index in [1.54, 1.807) is 14.2 Å². The van der Waals surface area contributed by atoms with Gasteiger partial charge in [0.2, 0.25) is 0 Å². The second-order valence-corrected chi connectivity index (χ2v) is 7.38. The van der Waals surface area contributed by atoms with Crippen molar-refractivity contribution < 1.29 is 14.3 Å². The molecule has 0 saturated heterocycles. The first-order valence-electron chi connectivity index (χ1n) is 10.1. The van der Waals surface area contributed by atoms with Gasteiger partial charge in [0.05, 0.1) is 7.11 Å². The molecule has 31 heavy (non-hydrogen) atoms. The van der Waals surface area contributed by atoms with E-state index < -0.39 is 0 Å². The predicted octanol–water partition coefficient (Wildman–Crippen LogP) is 3.18. The van der Waals surface area contributed by atoms with E-state index in [-0.39, 0.29) is 36.5 Å². The summed E-state index contributed by atoms with van der Waals surface area (Å²) in [6.45, 7) is 1.37. The fraction of sp³-hybridized carbons (Fsp3) is 0.391. The van der Waals surface area contributed by atoms with Crippen LogP contribution in [0.25, 0.3) is 0 Å². The van der Waals surface area contributed by atoms with E-state index in [4.69, 9.17) is 9.47 Å². The average Bonchev–Trinajstić information content (AvgIpc) is 3.57. The molecule has 0 spiro atoms. The van der Waals surface area contributed by atoms with Crippen molar-refractivity contribution in [3.05, 3.63) is 59.7 Å². The van der Waals surface area contributed by atoms with Crippen molar-refractivity contribution in [2.24, 2.45) is 4.99 Å². The Morgan fingerprint density at radius 1 is 1.13 bits per heavy atom. The van der Waals surface area contributed by atoms with Gasteiger partial charge in [-0.15, -0.1) is 24.0 Å². The maximum Gasteiger partial charge on any atom is 0.258 e. The lowest BCUT2D eigenvalue weighted by atomic mass is 10.2. The van der Waals surface area contributed by atoms with Gasteiger partial charge in [-0.05, 0) is 48.2 Å². The molecular formula is C23H31IN4O3. The maximum atomic E-state index is 11.8. The number of aliphatic imine (C=N–C) groups is 1. The third-order valence-corrected chi connectivity index (χ3v) is 4.81. The minimum absolute atomic E-state index is 0. The monoisotopic (exact) mass is 538 g/mol. The number of carbonyl (C=O) groups excluding carboxylic acids is 1. The lowest BCUT2D eigenvalue weighted by Gasteiger charge is -2.22. The highest BCUT2D eigenvalue weighted by atomic mass is 127. The van der Waals surface area contributed by atoms with Gasteiger partial charge in [0.15, 0.2) is 12.6 Å². The van der Waals surface area contributed by atoms with Crippen LogP contribution in [0.5, 0.6) is 11.5 Å². The minimum atomic E-state index is -0.0680. The van der Waals surface area contributed by atoms with Crippen LogP contribution in [-0.4, -0.2) is 50.6 Å². The molecule has 1 saturated carbocycles. The highest BCUT2D eigenvalue weighted by Crippen LogP contribution is 2.19. The number of amides is 1. The Balaban J connectivity index is 0.00000341. The molecule has 8 heteroatoms. The minimum Gasteiger partial charge on any atom is -0.497 e. The number of methoxy groups -OCH3 is 1. The van der Waals surface area contributed by atoms with Crippen LogP contribution in [-0.2, 0) is 17.9 Å². The number of ether oxygens (including phenoxy) is 2. The summed E-state index contributed by atoms with van der Waals surface area (Å²) in [4.78, 5) is 18.2. The molecule has 0 heterocycles. The van der Waals surface area contributed by atoms with E-state index in [1.165, 1.54) is 5.56 Å². The lowest BCUT2D eigenvalue weighted by molar-refractivity contribution is -0.123. The van der Waals surface area contributed by atoms with Crippen molar-refractivity contribution in [1.82, 2.24) is 15.5 Å². The third-order valence-electron chi connectivity index (χ3n) is 4.81. The Kier molecular flexibility index (Phi) is 9.90. The van der Waals surface area contributed by atoms with Crippen molar-refractivity contribution >= 4 is 35.8 Å². The first kappa shape index (κ1) is 24.8. The van der Waals surface area contributed by atoms with Gasteiger partial charge in [-0.3, -0.25) is 9.79 Å². The van der Waals surface area contributed by atoms with E-state index in [2.05, 4.69) is 20.5 Å². The first-order valence-corrected chi connectivity index (χ1v) is 10.1. The van der Waals surface area contributed by atoms with Crippen LogP contribution < -0.4 is 20.1 Å². The van der Waals surface area contributed by atoms with Gasteiger partial charge in [0.1, 0.15) is 11.5 Å². The summed E-state index contributed by atoms with van der Waals surface area (Å²) < 4.78 is 10.8. The molecule has 1 fully saturated rings. The molecule has 0 radical (unpaired) electrons. The smallest absolute Gasteiger partial charge is 0.258 e. The fourth-order valence-corrected chi connectivity index (χ4v) is 3.04. The SMILES string of the molecule is CN=C(NCc1cccc(OCC(=O)NC2CC2)c1)N(C)Cc1ccc(OC)cc1.I. The van der Waals surface area contributed by atoms with Crippen molar-refractivity contribution in [3.63, 3.8) is 0 Å². The van der Waals surface area contributed by atoms with Gasteiger partial charge in [-0.1, -0.05) is 24.3 Å². The van der Waals surface area contributed by atoms with E-state index in [0.717, 1.165) is 36.7 Å². The first-order chi connectivity index (χ1) is 14.6. The Morgan fingerprint density at radius 3 is 2.52 bits per heavy atom. The van der Waals surface area contributed by atoms with Gasteiger partial charge in [-0.2, -0.15) is 0 Å². The van der Waals surface area contributed by atoms with Crippen molar-refractivity contribution in [1.29, 1.82) is 0 Å². The Hall–Kier alpha value is -2.49. The highest BCUT2D eigenvalue weighted by Gasteiger charge is 2.23.